The number of benzene rings is 1. The summed E-state index contributed by atoms with van der Waals surface area (Å²) in [6.45, 7) is 4.59. The maximum Gasteiger partial charge on any atom is 0.216 e. The third-order valence-electron chi connectivity index (χ3n) is 4.77. The summed E-state index contributed by atoms with van der Waals surface area (Å²) in [6.07, 6.45) is 2.24. The van der Waals surface area contributed by atoms with Gasteiger partial charge in [-0.15, -0.1) is 0 Å². The van der Waals surface area contributed by atoms with Gasteiger partial charge in [0.05, 0.1) is 23.9 Å². The fourth-order valence-corrected chi connectivity index (χ4v) is 3.17. The van der Waals surface area contributed by atoms with Gasteiger partial charge in [-0.1, -0.05) is 0 Å². The molecule has 2 N–H and O–H groups in total. The molecule has 8 nitrogen and oxygen atoms in total. The molecule has 0 saturated heterocycles. The summed E-state index contributed by atoms with van der Waals surface area (Å²) < 4.78 is 7.11. The van der Waals surface area contributed by atoms with Gasteiger partial charge in [0.2, 0.25) is 5.91 Å². The first kappa shape index (κ1) is 18.2. The van der Waals surface area contributed by atoms with Crippen molar-refractivity contribution in [3.8, 4) is 11.4 Å². The number of hydrogen-bond acceptors (Lipinski definition) is 6. The van der Waals surface area contributed by atoms with E-state index in [2.05, 4.69) is 10.6 Å². The van der Waals surface area contributed by atoms with Gasteiger partial charge in [0.1, 0.15) is 17.4 Å². The van der Waals surface area contributed by atoms with Crippen molar-refractivity contribution in [1.82, 2.24) is 25.1 Å². The number of methoxy groups -OCH3 is 1. The summed E-state index contributed by atoms with van der Waals surface area (Å²) in [5, 5.41) is 11.8. The number of ether oxygens (including phenoxy) is 1. The van der Waals surface area contributed by atoms with Crippen LogP contribution in [0.1, 0.15) is 37.2 Å². The standard InChI is InChI=1S/C20H24N6O2/c1-12-17-19(22-11-10-21-13(2)27)23-18(14-4-5-14)24-20(17)26(25-12)15-6-8-16(28-3)9-7-15/h6-9,14H,4-5,10-11H2,1-3H3,(H,21,27)(H,22,23,24). The van der Waals surface area contributed by atoms with Crippen LogP contribution < -0.4 is 15.4 Å². The Morgan fingerprint density at radius 3 is 2.61 bits per heavy atom. The van der Waals surface area contributed by atoms with Gasteiger partial charge in [0.25, 0.3) is 0 Å². The highest BCUT2D eigenvalue weighted by Crippen LogP contribution is 2.40. The Hall–Kier alpha value is -3.16. The first-order valence-corrected chi connectivity index (χ1v) is 9.47. The molecule has 0 spiro atoms. The second kappa shape index (κ2) is 7.46. The van der Waals surface area contributed by atoms with E-state index in [9.17, 15) is 4.79 Å². The van der Waals surface area contributed by atoms with E-state index in [1.807, 2.05) is 35.9 Å². The van der Waals surface area contributed by atoms with Gasteiger partial charge in [-0.3, -0.25) is 4.79 Å². The van der Waals surface area contributed by atoms with Crippen LogP contribution in [0.3, 0.4) is 0 Å². The zero-order valence-electron chi connectivity index (χ0n) is 16.3. The minimum absolute atomic E-state index is 0.0446. The number of nitrogens with zero attached hydrogens (tertiary/aromatic N) is 4. The average molecular weight is 380 g/mol. The van der Waals surface area contributed by atoms with Gasteiger partial charge >= 0.3 is 0 Å². The Bertz CT molecular complexity index is 1010. The lowest BCUT2D eigenvalue weighted by atomic mass is 10.2. The van der Waals surface area contributed by atoms with Gasteiger partial charge in [0.15, 0.2) is 5.65 Å². The van der Waals surface area contributed by atoms with Crippen molar-refractivity contribution in [2.45, 2.75) is 32.6 Å². The molecular weight excluding hydrogens is 356 g/mol. The molecular formula is C20H24N6O2. The number of carbonyl (C=O) groups is 1. The monoisotopic (exact) mass is 380 g/mol. The van der Waals surface area contributed by atoms with E-state index in [0.29, 0.717) is 19.0 Å². The van der Waals surface area contributed by atoms with Gasteiger partial charge in [-0.05, 0) is 44.0 Å². The number of fused-ring (bicyclic) bond motifs is 1. The van der Waals surface area contributed by atoms with Crippen molar-refractivity contribution in [1.29, 1.82) is 0 Å². The van der Waals surface area contributed by atoms with Crippen LogP contribution in [0.15, 0.2) is 24.3 Å². The first-order chi connectivity index (χ1) is 13.6. The van der Waals surface area contributed by atoms with Crippen molar-refractivity contribution in [2.75, 3.05) is 25.5 Å². The number of amides is 1. The molecule has 0 aliphatic heterocycles. The third-order valence-corrected chi connectivity index (χ3v) is 4.77. The lowest BCUT2D eigenvalue weighted by molar-refractivity contribution is -0.118. The second-order valence-corrected chi connectivity index (χ2v) is 7.01. The van der Waals surface area contributed by atoms with Gasteiger partial charge in [0, 0.05) is 25.9 Å². The summed E-state index contributed by atoms with van der Waals surface area (Å²) >= 11 is 0. The Morgan fingerprint density at radius 2 is 1.96 bits per heavy atom. The number of aryl methyl sites for hydroxylation is 1. The molecule has 0 unspecified atom stereocenters. The molecule has 28 heavy (non-hydrogen) atoms. The molecule has 146 valence electrons. The predicted octanol–water partition coefficient (Wildman–Crippen LogP) is 2.56. The Balaban J connectivity index is 1.74. The van der Waals surface area contributed by atoms with Gasteiger partial charge < -0.3 is 15.4 Å². The Labute approximate surface area is 163 Å². The maximum atomic E-state index is 11.1. The highest BCUT2D eigenvalue weighted by molar-refractivity contribution is 5.90. The normalized spacial score (nSPS) is 13.5. The molecule has 1 aromatic carbocycles. The number of anilines is 1. The van der Waals surface area contributed by atoms with Crippen molar-refractivity contribution < 1.29 is 9.53 Å². The minimum atomic E-state index is -0.0446. The smallest absolute Gasteiger partial charge is 0.216 e. The lowest BCUT2D eigenvalue weighted by Gasteiger charge is -2.10. The van der Waals surface area contributed by atoms with E-state index in [1.165, 1.54) is 6.92 Å². The lowest BCUT2D eigenvalue weighted by Crippen LogP contribution is -2.26. The van der Waals surface area contributed by atoms with Crippen LogP contribution in [-0.2, 0) is 4.79 Å². The third kappa shape index (κ3) is 3.62. The Kier molecular flexibility index (Phi) is 4.85. The maximum absolute atomic E-state index is 11.1. The van der Waals surface area contributed by atoms with Gasteiger partial charge in [-0.2, -0.15) is 5.10 Å². The van der Waals surface area contributed by atoms with E-state index >= 15 is 0 Å². The van der Waals surface area contributed by atoms with E-state index in [4.69, 9.17) is 19.8 Å². The largest absolute Gasteiger partial charge is 0.497 e. The van der Waals surface area contributed by atoms with E-state index in [-0.39, 0.29) is 5.91 Å². The van der Waals surface area contributed by atoms with Crippen LogP contribution in [0.2, 0.25) is 0 Å². The topological polar surface area (TPSA) is 94.0 Å². The summed E-state index contributed by atoms with van der Waals surface area (Å²) in [5.74, 6) is 2.79. The second-order valence-electron chi connectivity index (χ2n) is 7.01. The summed E-state index contributed by atoms with van der Waals surface area (Å²) in [5.41, 5.74) is 2.57. The molecule has 2 heterocycles. The van der Waals surface area contributed by atoms with Crippen LogP contribution in [-0.4, -0.2) is 45.9 Å². The molecule has 0 bridgehead atoms. The van der Waals surface area contributed by atoms with Crippen LogP contribution in [0.25, 0.3) is 16.7 Å². The van der Waals surface area contributed by atoms with E-state index < -0.39 is 0 Å². The predicted molar refractivity (Wildman–Crippen MR) is 107 cm³/mol. The number of rotatable bonds is 7. The zero-order valence-corrected chi connectivity index (χ0v) is 16.3. The van der Waals surface area contributed by atoms with E-state index in [1.54, 1.807) is 7.11 Å². The molecule has 2 aromatic heterocycles. The van der Waals surface area contributed by atoms with Crippen molar-refractivity contribution in [3.63, 3.8) is 0 Å². The zero-order chi connectivity index (χ0) is 19.7. The molecule has 1 saturated carbocycles. The summed E-state index contributed by atoms with van der Waals surface area (Å²) in [6, 6.07) is 7.75. The van der Waals surface area contributed by atoms with Crippen molar-refractivity contribution in [2.24, 2.45) is 0 Å². The first-order valence-electron chi connectivity index (χ1n) is 9.47. The molecule has 1 aliphatic rings. The molecule has 1 fully saturated rings. The number of carbonyl (C=O) groups excluding carboxylic acids is 1. The Morgan fingerprint density at radius 1 is 1.21 bits per heavy atom. The molecule has 3 aromatic rings. The highest BCUT2D eigenvalue weighted by Gasteiger charge is 2.29. The van der Waals surface area contributed by atoms with Crippen molar-refractivity contribution >= 4 is 22.8 Å². The highest BCUT2D eigenvalue weighted by atomic mass is 16.5. The van der Waals surface area contributed by atoms with Crippen LogP contribution in [0, 0.1) is 6.92 Å². The molecule has 1 amide bonds. The molecule has 0 atom stereocenters. The van der Waals surface area contributed by atoms with Crippen LogP contribution in [0.5, 0.6) is 5.75 Å². The minimum Gasteiger partial charge on any atom is -0.497 e. The molecule has 1 aliphatic carbocycles. The van der Waals surface area contributed by atoms with E-state index in [0.717, 1.165) is 52.6 Å². The summed E-state index contributed by atoms with van der Waals surface area (Å²) in [4.78, 5) is 20.7. The van der Waals surface area contributed by atoms with Crippen LogP contribution in [0.4, 0.5) is 5.82 Å². The van der Waals surface area contributed by atoms with Crippen molar-refractivity contribution in [3.05, 3.63) is 35.8 Å². The SMILES string of the molecule is COc1ccc(-n2nc(C)c3c(NCCNC(C)=O)nc(C4CC4)nc32)cc1. The van der Waals surface area contributed by atoms with Crippen LogP contribution >= 0.6 is 0 Å². The number of aromatic nitrogens is 4. The summed E-state index contributed by atoms with van der Waals surface area (Å²) in [7, 11) is 1.65. The average Bonchev–Trinajstić information content (AvgIpc) is 3.49. The number of nitrogens with one attached hydrogen (secondary N) is 2. The van der Waals surface area contributed by atoms with Gasteiger partial charge in [-0.25, -0.2) is 14.6 Å². The number of hydrogen-bond donors (Lipinski definition) is 2. The quantitative estimate of drug-likeness (QED) is 0.612. The molecule has 8 heteroatoms. The molecule has 0 radical (unpaired) electrons. The fraction of sp³-hybridized carbons (Fsp3) is 0.400. The fourth-order valence-electron chi connectivity index (χ4n) is 3.17. The molecule has 4 rings (SSSR count).